The van der Waals surface area contributed by atoms with Gasteiger partial charge in [-0.3, -0.25) is 9.59 Å². The van der Waals surface area contributed by atoms with E-state index in [4.69, 9.17) is 9.84 Å². The Morgan fingerprint density at radius 2 is 0.689 bits per heavy atom. The van der Waals surface area contributed by atoms with Crippen molar-refractivity contribution in [3.8, 4) is 0 Å². The molecule has 0 rings (SSSR count). The number of ether oxygens (including phenoxy) is 1. The highest BCUT2D eigenvalue weighted by Crippen LogP contribution is 2.34. The van der Waals surface area contributed by atoms with Crippen LogP contribution in [0, 0.1) is 0 Å². The molecule has 270 valence electrons. The molecule has 0 aliphatic carbocycles. The number of carbonyl (C=O) groups excluding carboxylic acids is 1. The summed E-state index contributed by atoms with van der Waals surface area (Å²) in [7, 11) is 0. The van der Waals surface area contributed by atoms with Gasteiger partial charge in [-0.25, -0.2) is 0 Å². The number of hydrogen-bond donors (Lipinski definition) is 1. The topological polar surface area (TPSA) is 63.6 Å². The number of rotatable bonds is 36. The summed E-state index contributed by atoms with van der Waals surface area (Å²) in [5, 5.41) is 8.76. The van der Waals surface area contributed by atoms with E-state index in [1.807, 2.05) is 0 Å². The molecule has 0 unspecified atom stereocenters. The maximum atomic E-state index is 13.3. The van der Waals surface area contributed by atoms with Gasteiger partial charge in [-0.15, -0.1) is 12.4 Å². The smallest absolute Gasteiger partial charge is 0.306 e. The fraction of sp³-hybridized carbons (Fsp3) is 0.950. The van der Waals surface area contributed by atoms with Gasteiger partial charge in [-0.05, 0) is 51.4 Å². The van der Waals surface area contributed by atoms with E-state index in [9.17, 15) is 9.59 Å². The number of aliphatic carboxylic acids is 1. The molecular weight excluding hydrogens is 580 g/mol. The highest BCUT2D eigenvalue weighted by molar-refractivity contribution is 5.85. The molecule has 0 aromatic heterocycles. The van der Waals surface area contributed by atoms with Gasteiger partial charge in [0.2, 0.25) is 0 Å². The fourth-order valence-electron chi connectivity index (χ4n) is 6.64. The predicted octanol–water partition coefficient (Wildman–Crippen LogP) is 14.1. The second-order valence-corrected chi connectivity index (χ2v) is 14.0. The van der Waals surface area contributed by atoms with Gasteiger partial charge in [0.25, 0.3) is 0 Å². The number of halogens is 1. The Kier molecular flexibility index (Phi) is 37.2. The zero-order valence-corrected chi connectivity index (χ0v) is 31.4. The minimum absolute atomic E-state index is 0. The van der Waals surface area contributed by atoms with E-state index in [1.165, 1.54) is 148 Å². The van der Waals surface area contributed by atoms with Crippen molar-refractivity contribution >= 4 is 24.3 Å². The minimum atomic E-state index is -0.687. The second kappa shape index (κ2) is 36.1. The Balaban J connectivity index is 0. The van der Waals surface area contributed by atoms with Gasteiger partial charge in [0.05, 0.1) is 0 Å². The molecule has 4 nitrogen and oxygen atoms in total. The van der Waals surface area contributed by atoms with Crippen LogP contribution in [0.5, 0.6) is 0 Å². The van der Waals surface area contributed by atoms with Gasteiger partial charge >= 0.3 is 11.9 Å². The number of hydrogen-bond acceptors (Lipinski definition) is 3. The van der Waals surface area contributed by atoms with E-state index < -0.39 is 5.97 Å². The molecule has 0 aliphatic heterocycles. The van der Waals surface area contributed by atoms with Crippen LogP contribution in [-0.2, 0) is 14.3 Å². The van der Waals surface area contributed by atoms with Crippen molar-refractivity contribution in [3.05, 3.63) is 0 Å². The average molecular weight is 660 g/mol. The van der Waals surface area contributed by atoms with Crippen LogP contribution in [0.1, 0.15) is 239 Å². The first-order valence-corrected chi connectivity index (χ1v) is 19.9. The molecule has 0 aromatic rings. The maximum absolute atomic E-state index is 13.3. The van der Waals surface area contributed by atoms with Crippen LogP contribution >= 0.6 is 12.4 Å². The monoisotopic (exact) mass is 659 g/mol. The molecule has 0 heterocycles. The molecule has 0 bridgehead atoms. The van der Waals surface area contributed by atoms with E-state index in [1.54, 1.807) is 0 Å². The molecule has 5 heteroatoms. The van der Waals surface area contributed by atoms with Gasteiger partial charge in [-0.2, -0.15) is 0 Å². The molecule has 0 spiro atoms. The maximum Gasteiger partial charge on any atom is 0.306 e. The standard InChI is InChI=1S/C40H78O4.ClH/c1-4-7-10-13-16-19-22-27-32-37-40(35-30-25-14-11-8-5-2,36-31-26-15-12-9-6-3)44-39(43)34-29-24-21-18-17-20-23-28-33-38(41)42;/h4-37H2,1-3H3,(H,41,42);1H. The summed E-state index contributed by atoms with van der Waals surface area (Å²) in [5.74, 6) is -0.639. The van der Waals surface area contributed by atoms with Crippen LogP contribution in [0.4, 0.5) is 0 Å². The molecular formula is C40H79ClO4. The number of unbranched alkanes of at least 4 members (excludes halogenated alkanes) is 25. The van der Waals surface area contributed by atoms with Crippen LogP contribution in [-0.4, -0.2) is 22.6 Å². The lowest BCUT2D eigenvalue weighted by molar-refractivity contribution is -0.163. The fourth-order valence-corrected chi connectivity index (χ4v) is 6.64. The molecule has 0 aliphatic rings. The normalized spacial score (nSPS) is 11.4. The summed E-state index contributed by atoms with van der Waals surface area (Å²) in [6.07, 6.45) is 39.9. The summed E-state index contributed by atoms with van der Waals surface area (Å²) in [6.45, 7) is 6.84. The third-order valence-electron chi connectivity index (χ3n) is 9.56. The molecule has 0 radical (unpaired) electrons. The van der Waals surface area contributed by atoms with Crippen molar-refractivity contribution in [1.29, 1.82) is 0 Å². The molecule has 0 saturated heterocycles. The predicted molar refractivity (Wildman–Crippen MR) is 198 cm³/mol. The van der Waals surface area contributed by atoms with Crippen molar-refractivity contribution in [2.24, 2.45) is 0 Å². The lowest BCUT2D eigenvalue weighted by atomic mass is 9.84. The average Bonchev–Trinajstić information content (AvgIpc) is 3.00. The van der Waals surface area contributed by atoms with Crippen molar-refractivity contribution < 1.29 is 19.4 Å². The zero-order chi connectivity index (χ0) is 32.4. The van der Waals surface area contributed by atoms with Crippen LogP contribution in [0.2, 0.25) is 0 Å². The number of esters is 1. The van der Waals surface area contributed by atoms with E-state index in [-0.39, 0.29) is 24.0 Å². The molecule has 45 heavy (non-hydrogen) atoms. The van der Waals surface area contributed by atoms with E-state index >= 15 is 0 Å². The minimum Gasteiger partial charge on any atom is -0.481 e. The largest absolute Gasteiger partial charge is 0.481 e. The third-order valence-corrected chi connectivity index (χ3v) is 9.56. The Bertz CT molecular complexity index is 607. The molecule has 0 amide bonds. The summed E-state index contributed by atoms with van der Waals surface area (Å²) in [6, 6.07) is 0. The Labute approximate surface area is 287 Å². The second-order valence-electron chi connectivity index (χ2n) is 14.0. The van der Waals surface area contributed by atoms with E-state index in [0.717, 1.165) is 57.8 Å². The SMILES string of the molecule is CCCCCCCCCCCC(CCCCCCCC)(CCCCCCCC)OC(=O)CCCCCCCCCCC(=O)O.Cl. The summed E-state index contributed by atoms with van der Waals surface area (Å²) in [5.41, 5.74) is -0.246. The van der Waals surface area contributed by atoms with Crippen molar-refractivity contribution in [2.75, 3.05) is 0 Å². The summed E-state index contributed by atoms with van der Waals surface area (Å²) >= 11 is 0. The quantitative estimate of drug-likeness (QED) is 0.0537. The zero-order valence-electron chi connectivity index (χ0n) is 30.6. The molecule has 0 aromatic carbocycles. The van der Waals surface area contributed by atoms with E-state index in [2.05, 4.69) is 20.8 Å². The molecule has 0 fully saturated rings. The van der Waals surface area contributed by atoms with Crippen molar-refractivity contribution in [2.45, 2.75) is 245 Å². The summed E-state index contributed by atoms with van der Waals surface area (Å²) < 4.78 is 6.57. The number of carboxylic acids is 1. The first-order valence-electron chi connectivity index (χ1n) is 19.9. The van der Waals surface area contributed by atoms with Crippen LogP contribution in [0.25, 0.3) is 0 Å². The van der Waals surface area contributed by atoms with Crippen LogP contribution in [0.15, 0.2) is 0 Å². The van der Waals surface area contributed by atoms with Gasteiger partial charge < -0.3 is 9.84 Å². The Hall–Kier alpha value is -0.770. The highest BCUT2D eigenvalue weighted by atomic mass is 35.5. The van der Waals surface area contributed by atoms with Gasteiger partial charge in [0, 0.05) is 12.8 Å². The van der Waals surface area contributed by atoms with Crippen LogP contribution in [0.3, 0.4) is 0 Å². The van der Waals surface area contributed by atoms with Crippen molar-refractivity contribution in [3.63, 3.8) is 0 Å². The van der Waals surface area contributed by atoms with Crippen LogP contribution < -0.4 is 0 Å². The highest BCUT2D eigenvalue weighted by Gasteiger charge is 2.32. The number of carbonyl (C=O) groups is 2. The molecule has 0 atom stereocenters. The van der Waals surface area contributed by atoms with Gasteiger partial charge in [0.1, 0.15) is 5.60 Å². The van der Waals surface area contributed by atoms with Crippen molar-refractivity contribution in [1.82, 2.24) is 0 Å². The summed E-state index contributed by atoms with van der Waals surface area (Å²) in [4.78, 5) is 23.9. The van der Waals surface area contributed by atoms with Gasteiger partial charge in [0.15, 0.2) is 0 Å². The first kappa shape index (κ1) is 46.3. The van der Waals surface area contributed by atoms with E-state index in [0.29, 0.717) is 12.8 Å². The van der Waals surface area contributed by atoms with Gasteiger partial charge in [-0.1, -0.05) is 175 Å². The Morgan fingerprint density at radius 3 is 1.00 bits per heavy atom. The lowest BCUT2D eigenvalue weighted by Crippen LogP contribution is -2.35. The third kappa shape index (κ3) is 32.9. The molecule has 1 N–H and O–H groups in total. The number of carboxylic acid groups (broad SMARTS) is 1. The molecule has 0 saturated carbocycles. The first-order chi connectivity index (χ1) is 21.5. The lowest BCUT2D eigenvalue weighted by Gasteiger charge is -2.34. The Morgan fingerprint density at radius 1 is 0.422 bits per heavy atom.